The first-order chi connectivity index (χ1) is 27.5. The van der Waals surface area contributed by atoms with Crippen LogP contribution in [0, 0.1) is 5.92 Å². The Balaban J connectivity index is 1.79. The highest BCUT2D eigenvalue weighted by Crippen LogP contribution is 2.23. The van der Waals surface area contributed by atoms with Gasteiger partial charge in [0.1, 0.15) is 36.3 Å². The number of amides is 6. The minimum absolute atomic E-state index is 0.0213. The molecule has 2 aliphatic heterocycles. The van der Waals surface area contributed by atoms with Gasteiger partial charge in [-0.3, -0.25) is 38.8 Å². The number of nitrogens with two attached hydrogens (primary N) is 4. The smallest absolute Gasteiger partial charge is 0.246 e. The predicted molar refractivity (Wildman–Crippen MR) is 217 cm³/mol. The van der Waals surface area contributed by atoms with Crippen molar-refractivity contribution in [3.05, 3.63) is 36.0 Å². The highest BCUT2D eigenvalue weighted by molar-refractivity contribution is 5.99. The minimum Gasteiger partial charge on any atom is -0.391 e. The van der Waals surface area contributed by atoms with E-state index in [0.29, 0.717) is 6.42 Å². The molecule has 20 heteroatoms. The third kappa shape index (κ3) is 12.5. The number of rotatable bonds is 13. The van der Waals surface area contributed by atoms with E-state index in [0.717, 1.165) is 16.5 Å². The number of aliphatic hydroxyl groups excluding tert-OH is 1. The van der Waals surface area contributed by atoms with Gasteiger partial charge in [-0.25, -0.2) is 0 Å². The first-order valence-electron chi connectivity index (χ1n) is 19.7. The van der Waals surface area contributed by atoms with Crippen molar-refractivity contribution in [2.75, 3.05) is 19.6 Å². The lowest BCUT2D eigenvalue weighted by atomic mass is 10.00. The minimum atomic E-state index is -1.49. The highest BCUT2D eigenvalue weighted by Gasteiger charge is 2.41. The molecule has 318 valence electrons. The third-order valence-corrected chi connectivity index (χ3v) is 10.1. The van der Waals surface area contributed by atoms with Crippen LogP contribution in [0.2, 0.25) is 0 Å². The number of hydrogen-bond donors (Lipinski definition) is 11. The Labute approximate surface area is 337 Å². The van der Waals surface area contributed by atoms with Crippen LogP contribution in [-0.4, -0.2) is 124 Å². The molecule has 15 N–H and O–H groups in total. The van der Waals surface area contributed by atoms with Crippen molar-refractivity contribution in [2.45, 2.75) is 114 Å². The van der Waals surface area contributed by atoms with Crippen LogP contribution in [0.4, 0.5) is 0 Å². The van der Waals surface area contributed by atoms with Gasteiger partial charge in [0.2, 0.25) is 35.4 Å². The zero-order valence-corrected chi connectivity index (χ0v) is 33.3. The van der Waals surface area contributed by atoms with Crippen LogP contribution >= 0.6 is 0 Å². The molecule has 20 nitrogen and oxygen atoms in total. The van der Waals surface area contributed by atoms with Gasteiger partial charge in [-0.1, -0.05) is 32.0 Å². The lowest BCUT2D eigenvalue weighted by molar-refractivity contribution is -0.143. The number of aromatic amines is 1. The lowest BCUT2D eigenvalue weighted by Gasteiger charge is -2.32. The summed E-state index contributed by atoms with van der Waals surface area (Å²) in [6.45, 7) is 5.43. The van der Waals surface area contributed by atoms with Crippen molar-refractivity contribution < 1.29 is 33.9 Å². The molecule has 3 heterocycles. The summed E-state index contributed by atoms with van der Waals surface area (Å²) in [5.41, 5.74) is 23.6. The van der Waals surface area contributed by atoms with Crippen molar-refractivity contribution in [3.8, 4) is 0 Å². The molecule has 7 atom stereocenters. The van der Waals surface area contributed by atoms with Crippen LogP contribution in [0.5, 0.6) is 0 Å². The second-order valence-corrected chi connectivity index (χ2v) is 15.3. The molecule has 1 aromatic heterocycles. The number of H-pyrrole nitrogens is 1. The number of carbonyl (C=O) groups is 6. The van der Waals surface area contributed by atoms with Crippen molar-refractivity contribution >= 4 is 58.3 Å². The van der Waals surface area contributed by atoms with Gasteiger partial charge in [0.25, 0.3) is 0 Å². The van der Waals surface area contributed by atoms with Crippen LogP contribution in [0.3, 0.4) is 0 Å². The summed E-state index contributed by atoms with van der Waals surface area (Å²) in [5, 5.41) is 25.1. The van der Waals surface area contributed by atoms with Crippen molar-refractivity contribution in [2.24, 2.45) is 38.8 Å². The van der Waals surface area contributed by atoms with Crippen LogP contribution in [0.15, 0.2) is 40.4 Å². The van der Waals surface area contributed by atoms with E-state index in [4.69, 9.17) is 22.9 Å². The van der Waals surface area contributed by atoms with E-state index in [2.05, 4.69) is 41.6 Å². The number of fused-ring (bicyclic) bond motifs is 2. The molecule has 2 fully saturated rings. The fourth-order valence-electron chi connectivity index (χ4n) is 7.20. The van der Waals surface area contributed by atoms with Crippen molar-refractivity contribution in [1.82, 2.24) is 36.5 Å². The van der Waals surface area contributed by atoms with E-state index < -0.39 is 77.8 Å². The average molecular weight is 810 g/mol. The lowest BCUT2D eigenvalue weighted by Crippen LogP contribution is -2.62. The van der Waals surface area contributed by atoms with Gasteiger partial charge in [0, 0.05) is 43.2 Å². The van der Waals surface area contributed by atoms with Gasteiger partial charge in [0.15, 0.2) is 11.9 Å². The summed E-state index contributed by atoms with van der Waals surface area (Å²) in [4.78, 5) is 97.2. The summed E-state index contributed by atoms with van der Waals surface area (Å²) in [6.07, 6.45) is 1.78. The molecule has 2 aromatic rings. The Hall–Kier alpha value is -5.92. The van der Waals surface area contributed by atoms with Crippen LogP contribution in [-0.2, 0) is 35.2 Å². The summed E-state index contributed by atoms with van der Waals surface area (Å²) in [5.74, 6) is -4.61. The second-order valence-electron chi connectivity index (χ2n) is 15.3. The van der Waals surface area contributed by atoms with Crippen molar-refractivity contribution in [1.29, 1.82) is 0 Å². The Morgan fingerprint density at radius 3 is 1.88 bits per heavy atom. The molecular weight excluding hydrogens is 751 g/mol. The molecule has 0 saturated carbocycles. The maximum absolute atomic E-state index is 14.6. The molecule has 58 heavy (non-hydrogen) atoms. The number of nitrogens with zero attached hydrogens (tertiary/aromatic N) is 3. The normalized spacial score (nSPS) is 24.4. The largest absolute Gasteiger partial charge is 0.391 e. The fraction of sp³-hybridized carbons (Fsp3) is 0.579. The van der Waals surface area contributed by atoms with E-state index in [1.807, 2.05) is 38.1 Å². The molecular formula is C38H59N13O7. The van der Waals surface area contributed by atoms with E-state index >= 15 is 0 Å². The summed E-state index contributed by atoms with van der Waals surface area (Å²) < 4.78 is 0. The second kappa shape index (κ2) is 21.0. The maximum Gasteiger partial charge on any atom is 0.246 e. The zero-order chi connectivity index (χ0) is 42.5. The van der Waals surface area contributed by atoms with Crippen LogP contribution in [0.1, 0.15) is 71.3 Å². The predicted octanol–water partition coefficient (Wildman–Crippen LogP) is -2.33. The molecule has 0 radical (unpaired) electrons. The molecule has 6 amide bonds. The Morgan fingerprint density at radius 2 is 1.31 bits per heavy atom. The Kier molecular flexibility index (Phi) is 16.2. The molecule has 2 aliphatic rings. The molecule has 1 aromatic carbocycles. The first-order valence-corrected chi connectivity index (χ1v) is 19.7. The molecule has 0 bridgehead atoms. The standard InChI is InChI=1S/C38H59N13O7/c1-20(2)17-27-33(55)47-25(11-6-14-43-37(39)40)31(53)46-26(12-7-15-44-38(41)42)32(54)49-28(18-22-19-45-24-10-5-4-9-23(22)24)36(58)51-16-8-13-29(51)34(56)50-30(21(3)52)35(57)48-27/h4-5,9-10,19-21,25-30,45,52H,6-8,11-18H2,1-3H3,(H,46,53)(H,47,55)(H,48,57)(H,49,54)(H,50,56)(H4,39,40,43)(H4,41,42,44)/t21-,25-,26+,27+,28+,29-,30+/m1/s1. The van der Waals surface area contributed by atoms with Crippen molar-refractivity contribution in [3.63, 3.8) is 0 Å². The fourth-order valence-corrected chi connectivity index (χ4v) is 7.20. The average Bonchev–Trinajstić information content (AvgIpc) is 3.82. The first kappa shape index (κ1) is 44.8. The van der Waals surface area contributed by atoms with Gasteiger partial charge < -0.3 is 64.5 Å². The summed E-state index contributed by atoms with van der Waals surface area (Å²) in [7, 11) is 0. The maximum atomic E-state index is 14.6. The van der Waals surface area contributed by atoms with E-state index in [9.17, 15) is 33.9 Å². The Morgan fingerprint density at radius 1 is 0.759 bits per heavy atom. The third-order valence-electron chi connectivity index (χ3n) is 10.1. The number of aliphatic imine (C=N–C) groups is 2. The van der Waals surface area contributed by atoms with E-state index in [-0.39, 0.29) is 82.4 Å². The number of nitrogens with one attached hydrogen (secondary N) is 6. The van der Waals surface area contributed by atoms with Crippen LogP contribution < -0.4 is 49.5 Å². The van der Waals surface area contributed by atoms with Gasteiger partial charge in [0.05, 0.1) is 6.10 Å². The number of hydrogen-bond acceptors (Lipinski definition) is 9. The number of guanidine groups is 2. The van der Waals surface area contributed by atoms with Crippen LogP contribution in [0.25, 0.3) is 10.9 Å². The molecule has 4 rings (SSSR count). The SMILES string of the molecule is CC(C)C[C@@H]1NC(=O)[C@H]([C@@H](C)O)NC(=O)[C@H]2CCCN2C(=O)[C@H](Cc2c[nH]c3ccccc23)NC(=O)[C@H](CCCN=C(N)N)NC(=O)[C@@H](CCCN=C(N)N)NC1=O. The zero-order valence-electron chi connectivity index (χ0n) is 33.3. The quantitative estimate of drug-likeness (QED) is 0.0579. The van der Waals surface area contributed by atoms with Gasteiger partial charge in [-0.05, 0) is 69.4 Å². The van der Waals surface area contributed by atoms with E-state index in [1.54, 1.807) is 6.20 Å². The molecule has 0 spiro atoms. The van der Waals surface area contributed by atoms with E-state index in [1.165, 1.54) is 11.8 Å². The topological polar surface area (TPSA) is 331 Å². The Bertz CT molecular complexity index is 1840. The number of benzene rings is 1. The molecule has 0 unspecified atom stereocenters. The van der Waals surface area contributed by atoms with Gasteiger partial charge >= 0.3 is 0 Å². The number of aromatic nitrogens is 1. The number of para-hydroxylation sites is 1. The van der Waals surface area contributed by atoms with Gasteiger partial charge in [-0.2, -0.15) is 0 Å². The molecule has 0 aliphatic carbocycles. The monoisotopic (exact) mass is 809 g/mol. The highest BCUT2D eigenvalue weighted by atomic mass is 16.3. The number of aliphatic hydroxyl groups is 1. The summed E-state index contributed by atoms with van der Waals surface area (Å²) >= 11 is 0. The summed E-state index contributed by atoms with van der Waals surface area (Å²) in [6, 6.07) is 0.0629. The van der Waals surface area contributed by atoms with Gasteiger partial charge in [-0.15, -0.1) is 0 Å². The number of carbonyl (C=O) groups excluding carboxylic acids is 6. The molecule has 2 saturated heterocycles.